The number of rotatable bonds is 6. The first-order valence-electron chi connectivity index (χ1n) is 5.50. The zero-order chi connectivity index (χ0) is 12.9. The minimum Gasteiger partial charge on any atom is -0.324 e. The Hall–Kier alpha value is -0.520. The van der Waals surface area contributed by atoms with E-state index in [-0.39, 0.29) is 11.8 Å². The predicted octanol–water partition coefficient (Wildman–Crippen LogP) is 2.23. The van der Waals surface area contributed by atoms with E-state index in [2.05, 4.69) is 0 Å². The van der Waals surface area contributed by atoms with Gasteiger partial charge in [0.25, 0.3) is 0 Å². The fourth-order valence-electron chi connectivity index (χ4n) is 1.69. The Morgan fingerprint density at radius 1 is 1.35 bits per heavy atom. The van der Waals surface area contributed by atoms with E-state index >= 15 is 0 Å². The second kappa shape index (κ2) is 6.42. The number of hydrogen-bond acceptors (Lipinski definition) is 4. The molecule has 0 aromatic heterocycles. The molecule has 1 unspecified atom stereocenters. The Balaban J connectivity index is 2.61. The molecule has 0 heterocycles. The molecule has 0 saturated carbocycles. The summed E-state index contributed by atoms with van der Waals surface area (Å²) < 4.78 is 22.1. The highest BCUT2D eigenvalue weighted by atomic mass is 32.2. The van der Waals surface area contributed by atoms with Crippen molar-refractivity contribution < 1.29 is 8.42 Å². The number of sulfone groups is 1. The Kier molecular flexibility index (Phi) is 5.49. The topological polar surface area (TPSA) is 60.2 Å². The molecule has 0 amide bonds. The molecule has 0 fully saturated rings. The van der Waals surface area contributed by atoms with Gasteiger partial charge in [0.2, 0.25) is 0 Å². The third-order valence-corrected chi connectivity index (χ3v) is 4.41. The van der Waals surface area contributed by atoms with Gasteiger partial charge >= 0.3 is 0 Å². The number of thioether (sulfide) groups is 1. The summed E-state index contributed by atoms with van der Waals surface area (Å²) in [6, 6.07) is 7.91. The largest absolute Gasteiger partial charge is 0.324 e. The number of hydrogen-bond donors (Lipinski definition) is 1. The molecule has 1 aromatic rings. The van der Waals surface area contributed by atoms with Crippen molar-refractivity contribution >= 4 is 21.6 Å². The molecule has 0 radical (unpaired) electrons. The van der Waals surface area contributed by atoms with Crippen molar-refractivity contribution in [3.8, 4) is 0 Å². The number of nitrogens with two attached hydrogens (primary N) is 1. The van der Waals surface area contributed by atoms with Gasteiger partial charge in [-0.15, -0.1) is 11.8 Å². The molecule has 0 aliphatic rings. The SMILES string of the molecule is CSc1ccccc1C(N)CCCS(C)(=O)=O. The van der Waals surface area contributed by atoms with E-state index in [0.29, 0.717) is 12.8 Å². The predicted molar refractivity (Wildman–Crippen MR) is 74.1 cm³/mol. The number of benzene rings is 1. The lowest BCUT2D eigenvalue weighted by atomic mass is 10.0. The lowest BCUT2D eigenvalue weighted by molar-refractivity contribution is 0.586. The van der Waals surface area contributed by atoms with Gasteiger partial charge in [-0.25, -0.2) is 8.42 Å². The van der Waals surface area contributed by atoms with Gasteiger partial charge in [-0.3, -0.25) is 0 Å². The van der Waals surface area contributed by atoms with Gasteiger partial charge in [-0.1, -0.05) is 18.2 Å². The van der Waals surface area contributed by atoms with Gasteiger partial charge in [0.1, 0.15) is 9.84 Å². The van der Waals surface area contributed by atoms with Crippen LogP contribution < -0.4 is 5.73 Å². The zero-order valence-electron chi connectivity index (χ0n) is 10.2. The van der Waals surface area contributed by atoms with Crippen LogP contribution in [0.5, 0.6) is 0 Å². The summed E-state index contributed by atoms with van der Waals surface area (Å²) in [4.78, 5) is 1.17. The lowest BCUT2D eigenvalue weighted by Crippen LogP contribution is -2.13. The molecule has 0 aliphatic carbocycles. The van der Waals surface area contributed by atoms with E-state index in [0.717, 1.165) is 5.56 Å². The van der Waals surface area contributed by atoms with Crippen LogP contribution in [0.3, 0.4) is 0 Å². The molecular weight excluding hydrogens is 254 g/mol. The molecule has 0 aliphatic heterocycles. The van der Waals surface area contributed by atoms with Crippen molar-refractivity contribution in [2.24, 2.45) is 5.73 Å². The minimum atomic E-state index is -2.88. The fourth-order valence-corrected chi connectivity index (χ4v) is 3.05. The molecule has 1 atom stereocenters. The Bertz CT molecular complexity index is 457. The summed E-state index contributed by atoms with van der Waals surface area (Å²) in [5.41, 5.74) is 7.20. The van der Waals surface area contributed by atoms with Gasteiger partial charge in [0.15, 0.2) is 0 Å². The van der Waals surface area contributed by atoms with Gasteiger partial charge in [-0.05, 0) is 30.7 Å². The smallest absolute Gasteiger partial charge is 0.147 e. The van der Waals surface area contributed by atoms with Crippen molar-refractivity contribution in [1.29, 1.82) is 0 Å². The van der Waals surface area contributed by atoms with E-state index in [9.17, 15) is 8.42 Å². The van der Waals surface area contributed by atoms with Crippen LogP contribution in [-0.4, -0.2) is 26.7 Å². The van der Waals surface area contributed by atoms with Crippen molar-refractivity contribution in [3.63, 3.8) is 0 Å². The van der Waals surface area contributed by atoms with Gasteiger partial charge < -0.3 is 5.73 Å². The second-order valence-electron chi connectivity index (χ2n) is 4.12. The first kappa shape index (κ1) is 14.5. The quantitative estimate of drug-likeness (QED) is 0.807. The molecule has 1 rings (SSSR count). The van der Waals surface area contributed by atoms with Gasteiger partial charge in [0, 0.05) is 22.9 Å². The highest BCUT2D eigenvalue weighted by Crippen LogP contribution is 2.26. The molecule has 3 nitrogen and oxygen atoms in total. The van der Waals surface area contributed by atoms with Crippen molar-refractivity contribution in [2.45, 2.75) is 23.8 Å². The monoisotopic (exact) mass is 273 g/mol. The lowest BCUT2D eigenvalue weighted by Gasteiger charge is -2.14. The molecule has 96 valence electrons. The molecule has 5 heteroatoms. The molecule has 0 spiro atoms. The van der Waals surface area contributed by atoms with Gasteiger partial charge in [0.05, 0.1) is 0 Å². The summed E-state index contributed by atoms with van der Waals surface area (Å²) in [5.74, 6) is 0.210. The van der Waals surface area contributed by atoms with Crippen LogP contribution in [0.25, 0.3) is 0 Å². The molecule has 2 N–H and O–H groups in total. The van der Waals surface area contributed by atoms with Crippen LogP contribution in [0.4, 0.5) is 0 Å². The normalized spacial score (nSPS) is 13.6. The van der Waals surface area contributed by atoms with E-state index < -0.39 is 9.84 Å². The molecule has 0 saturated heterocycles. The van der Waals surface area contributed by atoms with E-state index in [1.165, 1.54) is 11.2 Å². The summed E-state index contributed by atoms with van der Waals surface area (Å²) in [6.07, 6.45) is 4.59. The molecule has 1 aromatic carbocycles. The van der Waals surface area contributed by atoms with Crippen LogP contribution >= 0.6 is 11.8 Å². The summed E-state index contributed by atoms with van der Waals surface area (Å²) in [7, 11) is -2.88. The summed E-state index contributed by atoms with van der Waals surface area (Å²) in [5, 5.41) is 0. The third kappa shape index (κ3) is 5.10. The van der Waals surface area contributed by atoms with Crippen molar-refractivity contribution in [2.75, 3.05) is 18.3 Å². The minimum absolute atomic E-state index is 0.0830. The van der Waals surface area contributed by atoms with Crippen LogP contribution in [-0.2, 0) is 9.84 Å². The Labute approximate surface area is 108 Å². The maximum Gasteiger partial charge on any atom is 0.147 e. The molecule has 0 bridgehead atoms. The standard InChI is InChI=1S/C12H19NO2S2/c1-16-12-8-4-3-6-10(12)11(13)7-5-9-17(2,14)15/h3-4,6,8,11H,5,7,9,13H2,1-2H3. The van der Waals surface area contributed by atoms with E-state index in [4.69, 9.17) is 5.73 Å². The summed E-state index contributed by atoms with van der Waals surface area (Å²) in [6.45, 7) is 0. The maximum atomic E-state index is 11.0. The van der Waals surface area contributed by atoms with Gasteiger partial charge in [-0.2, -0.15) is 0 Å². The van der Waals surface area contributed by atoms with Crippen molar-refractivity contribution in [1.82, 2.24) is 0 Å². The van der Waals surface area contributed by atoms with Crippen LogP contribution in [0.1, 0.15) is 24.4 Å². The zero-order valence-corrected chi connectivity index (χ0v) is 11.9. The summed E-state index contributed by atoms with van der Waals surface area (Å²) >= 11 is 1.66. The third-order valence-electron chi connectivity index (χ3n) is 2.57. The molecule has 17 heavy (non-hydrogen) atoms. The first-order valence-corrected chi connectivity index (χ1v) is 8.79. The van der Waals surface area contributed by atoms with Crippen LogP contribution in [0, 0.1) is 0 Å². The maximum absolute atomic E-state index is 11.0. The first-order chi connectivity index (χ1) is 7.94. The second-order valence-corrected chi connectivity index (χ2v) is 7.23. The fraction of sp³-hybridized carbons (Fsp3) is 0.500. The molecular formula is C12H19NO2S2. The van der Waals surface area contributed by atoms with E-state index in [1.807, 2.05) is 30.5 Å². The van der Waals surface area contributed by atoms with Crippen LogP contribution in [0.2, 0.25) is 0 Å². The Morgan fingerprint density at radius 2 is 2.00 bits per heavy atom. The highest BCUT2D eigenvalue weighted by molar-refractivity contribution is 7.98. The average Bonchev–Trinajstić information content (AvgIpc) is 2.27. The van der Waals surface area contributed by atoms with Crippen molar-refractivity contribution in [3.05, 3.63) is 29.8 Å². The van der Waals surface area contributed by atoms with E-state index in [1.54, 1.807) is 11.8 Å². The van der Waals surface area contributed by atoms with Crippen LogP contribution in [0.15, 0.2) is 29.2 Å². The Morgan fingerprint density at radius 3 is 2.59 bits per heavy atom. The highest BCUT2D eigenvalue weighted by Gasteiger charge is 2.11. The average molecular weight is 273 g/mol.